The number of aromatic hydroxyl groups is 1. The van der Waals surface area contributed by atoms with Crippen molar-refractivity contribution in [1.29, 1.82) is 0 Å². The molecule has 114 valence electrons. The van der Waals surface area contributed by atoms with E-state index in [1.807, 2.05) is 18.2 Å². The molecule has 2 atom stereocenters. The third-order valence-electron chi connectivity index (χ3n) is 4.28. The van der Waals surface area contributed by atoms with E-state index in [4.69, 9.17) is 18.9 Å². The Morgan fingerprint density at radius 1 is 1.05 bits per heavy atom. The molecule has 2 aromatic rings. The first-order valence-electron chi connectivity index (χ1n) is 7.09. The highest BCUT2D eigenvalue weighted by Gasteiger charge is 2.41. The van der Waals surface area contributed by atoms with Crippen LogP contribution in [0.4, 0.5) is 0 Å². The van der Waals surface area contributed by atoms with Crippen LogP contribution in [0.1, 0.15) is 23.1 Å². The number of hydrogen-bond acceptors (Lipinski definition) is 5. The van der Waals surface area contributed by atoms with Crippen molar-refractivity contribution in [1.82, 2.24) is 0 Å². The molecule has 2 aromatic carbocycles. The van der Waals surface area contributed by atoms with Gasteiger partial charge >= 0.3 is 0 Å². The number of hydrogen-bond donors (Lipinski definition) is 1. The summed E-state index contributed by atoms with van der Waals surface area (Å²) < 4.78 is 22.3. The first kappa shape index (κ1) is 13.1. The van der Waals surface area contributed by atoms with Crippen LogP contribution in [0.5, 0.6) is 28.7 Å². The quantitative estimate of drug-likeness (QED) is 0.924. The Hall–Kier alpha value is -2.56. The van der Waals surface area contributed by atoms with Crippen LogP contribution in [0.15, 0.2) is 30.3 Å². The fraction of sp³-hybridized carbons (Fsp3) is 0.294. The number of methoxy groups -OCH3 is 2. The molecule has 5 heteroatoms. The maximum Gasteiger partial charge on any atom is 0.164 e. The molecule has 22 heavy (non-hydrogen) atoms. The van der Waals surface area contributed by atoms with Crippen molar-refractivity contribution in [2.24, 2.45) is 0 Å². The third-order valence-corrected chi connectivity index (χ3v) is 4.28. The number of rotatable bonds is 2. The summed E-state index contributed by atoms with van der Waals surface area (Å²) in [6.45, 7) is 0.504. The van der Waals surface area contributed by atoms with Crippen LogP contribution in [0.25, 0.3) is 0 Å². The fourth-order valence-electron chi connectivity index (χ4n) is 3.14. The summed E-state index contributed by atoms with van der Waals surface area (Å²) in [5, 5.41) is 9.99. The van der Waals surface area contributed by atoms with E-state index in [2.05, 4.69) is 0 Å². The molecule has 2 heterocycles. The van der Waals surface area contributed by atoms with E-state index in [1.54, 1.807) is 19.2 Å². The van der Waals surface area contributed by atoms with Crippen molar-refractivity contribution >= 4 is 0 Å². The summed E-state index contributed by atoms with van der Waals surface area (Å²) in [6, 6.07) is 9.17. The average molecular weight is 300 g/mol. The summed E-state index contributed by atoms with van der Waals surface area (Å²) in [7, 11) is 3.15. The van der Waals surface area contributed by atoms with Crippen LogP contribution < -0.4 is 18.9 Å². The van der Waals surface area contributed by atoms with E-state index in [-0.39, 0.29) is 17.8 Å². The standard InChI is InChI=1S/C17H16O5/c1-19-9-3-4-10-14(5-9)21-8-12-11-6-13(18)16(20-2)7-15(11)22-17(10)12/h3-7,12,17-18H,8H2,1-2H3/t12-,17-/m1/s1. The van der Waals surface area contributed by atoms with Crippen LogP contribution in [0, 0.1) is 0 Å². The van der Waals surface area contributed by atoms with Gasteiger partial charge in [0.15, 0.2) is 11.5 Å². The van der Waals surface area contributed by atoms with Crippen molar-refractivity contribution in [3.05, 3.63) is 41.5 Å². The van der Waals surface area contributed by atoms with Crippen LogP contribution in [-0.2, 0) is 0 Å². The molecule has 0 spiro atoms. The van der Waals surface area contributed by atoms with E-state index in [0.29, 0.717) is 12.4 Å². The van der Waals surface area contributed by atoms with Gasteiger partial charge in [0, 0.05) is 23.3 Å². The summed E-state index contributed by atoms with van der Waals surface area (Å²) in [5.74, 6) is 2.86. The van der Waals surface area contributed by atoms with Gasteiger partial charge in [0.25, 0.3) is 0 Å². The lowest BCUT2D eigenvalue weighted by molar-refractivity contribution is 0.139. The Labute approximate surface area is 128 Å². The summed E-state index contributed by atoms with van der Waals surface area (Å²) >= 11 is 0. The zero-order valence-electron chi connectivity index (χ0n) is 12.3. The second-order valence-electron chi connectivity index (χ2n) is 5.42. The normalized spacial score (nSPS) is 21.0. The molecular formula is C17H16O5. The van der Waals surface area contributed by atoms with E-state index >= 15 is 0 Å². The van der Waals surface area contributed by atoms with Crippen LogP contribution in [0.2, 0.25) is 0 Å². The largest absolute Gasteiger partial charge is 0.504 e. The lowest BCUT2D eigenvalue weighted by atomic mass is 9.89. The molecule has 4 rings (SSSR count). The van der Waals surface area contributed by atoms with Crippen molar-refractivity contribution in [2.75, 3.05) is 20.8 Å². The zero-order valence-corrected chi connectivity index (χ0v) is 12.3. The molecule has 2 aliphatic rings. The first-order chi connectivity index (χ1) is 10.7. The zero-order chi connectivity index (χ0) is 15.3. The predicted molar refractivity (Wildman–Crippen MR) is 79.3 cm³/mol. The molecule has 0 saturated heterocycles. The fourth-order valence-corrected chi connectivity index (χ4v) is 3.14. The molecule has 0 bridgehead atoms. The van der Waals surface area contributed by atoms with Gasteiger partial charge in [0.1, 0.15) is 23.4 Å². The summed E-state index contributed by atoms with van der Waals surface area (Å²) in [6.07, 6.45) is -0.115. The number of phenols is 1. The lowest BCUT2D eigenvalue weighted by Gasteiger charge is -2.28. The molecule has 5 nitrogen and oxygen atoms in total. The number of ether oxygens (including phenoxy) is 4. The van der Waals surface area contributed by atoms with Crippen molar-refractivity contribution < 1.29 is 24.1 Å². The van der Waals surface area contributed by atoms with Gasteiger partial charge in [-0.2, -0.15) is 0 Å². The smallest absolute Gasteiger partial charge is 0.164 e. The van der Waals surface area contributed by atoms with Crippen LogP contribution >= 0.6 is 0 Å². The molecule has 0 saturated carbocycles. The molecule has 0 unspecified atom stereocenters. The van der Waals surface area contributed by atoms with E-state index in [9.17, 15) is 5.11 Å². The molecule has 2 aliphatic heterocycles. The molecule has 0 amide bonds. The van der Waals surface area contributed by atoms with Gasteiger partial charge in [0.2, 0.25) is 0 Å². The molecule has 1 N–H and O–H groups in total. The molecule has 0 aromatic heterocycles. The first-order valence-corrected chi connectivity index (χ1v) is 7.09. The molecule has 0 radical (unpaired) electrons. The second-order valence-corrected chi connectivity index (χ2v) is 5.42. The molecule has 0 aliphatic carbocycles. The van der Waals surface area contributed by atoms with Crippen molar-refractivity contribution in [3.63, 3.8) is 0 Å². The summed E-state index contributed by atoms with van der Waals surface area (Å²) in [5.41, 5.74) is 1.94. The SMILES string of the molecule is COc1ccc2c(c1)OC[C@@H]1c3cc(O)c(OC)cc3O[C@H]21. The Balaban J connectivity index is 1.76. The molecular weight excluding hydrogens is 284 g/mol. The highest BCUT2D eigenvalue weighted by atomic mass is 16.5. The highest BCUT2D eigenvalue weighted by molar-refractivity contribution is 5.56. The number of fused-ring (bicyclic) bond motifs is 5. The Morgan fingerprint density at radius 2 is 1.91 bits per heavy atom. The summed E-state index contributed by atoms with van der Waals surface area (Å²) in [4.78, 5) is 0. The maximum atomic E-state index is 9.99. The van der Waals surface area contributed by atoms with Crippen LogP contribution in [-0.4, -0.2) is 25.9 Å². The Morgan fingerprint density at radius 3 is 2.68 bits per heavy atom. The Kier molecular flexibility index (Phi) is 2.82. The average Bonchev–Trinajstić information content (AvgIpc) is 2.91. The third kappa shape index (κ3) is 1.78. The number of phenolic OH excluding ortho intramolecular Hbond substituents is 1. The minimum Gasteiger partial charge on any atom is -0.504 e. The van der Waals surface area contributed by atoms with Gasteiger partial charge in [0.05, 0.1) is 26.7 Å². The number of benzene rings is 2. The monoisotopic (exact) mass is 300 g/mol. The second kappa shape index (κ2) is 4.73. The highest BCUT2D eigenvalue weighted by Crippen LogP contribution is 2.53. The minimum absolute atomic E-state index is 0.0627. The van der Waals surface area contributed by atoms with Gasteiger partial charge in [-0.15, -0.1) is 0 Å². The van der Waals surface area contributed by atoms with Gasteiger partial charge in [-0.3, -0.25) is 0 Å². The topological polar surface area (TPSA) is 57.2 Å². The van der Waals surface area contributed by atoms with Crippen LogP contribution in [0.3, 0.4) is 0 Å². The van der Waals surface area contributed by atoms with E-state index in [0.717, 1.165) is 28.4 Å². The van der Waals surface area contributed by atoms with Gasteiger partial charge in [-0.25, -0.2) is 0 Å². The molecule has 0 fully saturated rings. The minimum atomic E-state index is -0.115. The van der Waals surface area contributed by atoms with Gasteiger partial charge < -0.3 is 24.1 Å². The van der Waals surface area contributed by atoms with Crippen molar-refractivity contribution in [3.8, 4) is 28.7 Å². The van der Waals surface area contributed by atoms with Crippen molar-refractivity contribution in [2.45, 2.75) is 12.0 Å². The Bertz CT molecular complexity index is 740. The van der Waals surface area contributed by atoms with E-state index < -0.39 is 0 Å². The van der Waals surface area contributed by atoms with Gasteiger partial charge in [-0.05, 0) is 18.2 Å². The maximum absolute atomic E-state index is 9.99. The van der Waals surface area contributed by atoms with Gasteiger partial charge in [-0.1, -0.05) is 0 Å². The lowest BCUT2D eigenvalue weighted by Crippen LogP contribution is -2.23. The predicted octanol–water partition coefficient (Wildman–Crippen LogP) is 3.02. The van der Waals surface area contributed by atoms with E-state index in [1.165, 1.54) is 7.11 Å².